The van der Waals surface area contributed by atoms with Crippen molar-refractivity contribution in [1.29, 1.82) is 0 Å². The summed E-state index contributed by atoms with van der Waals surface area (Å²) >= 11 is 0. The molecule has 0 radical (unpaired) electrons. The molecule has 0 aliphatic carbocycles. The molecule has 1 rings (SSSR count). The van der Waals surface area contributed by atoms with Crippen molar-refractivity contribution in [3.63, 3.8) is 0 Å². The molecule has 3 N–H and O–H groups in total. The summed E-state index contributed by atoms with van der Waals surface area (Å²) in [5.74, 6) is -3.63. The lowest BCUT2D eigenvalue weighted by molar-refractivity contribution is -0.174. The van der Waals surface area contributed by atoms with E-state index in [2.05, 4.69) is 5.32 Å². The maximum Gasteiger partial charge on any atom is 0.472 e. The number of hydrazine groups is 1. The van der Waals surface area contributed by atoms with Crippen LogP contribution in [0.1, 0.15) is 20.7 Å². The monoisotopic (exact) mass is 333 g/mol. The number of rotatable bonds is 5. The topological polar surface area (TPSA) is 96.5 Å². The number of nitrogens with one attached hydrogen (secondary N) is 3. The molecule has 0 unspecified atom stereocenters. The maximum absolute atomic E-state index is 12.0. The zero-order valence-corrected chi connectivity index (χ0v) is 12.0. The molecule has 0 heterocycles. The van der Waals surface area contributed by atoms with E-state index in [4.69, 9.17) is 4.74 Å². The molecule has 0 spiro atoms. The number of carbonyl (C=O) groups is 3. The average molecular weight is 333 g/mol. The van der Waals surface area contributed by atoms with Gasteiger partial charge in [-0.3, -0.25) is 25.2 Å². The highest BCUT2D eigenvalue weighted by atomic mass is 19.4. The summed E-state index contributed by atoms with van der Waals surface area (Å²) in [5.41, 5.74) is 3.09. The highest BCUT2D eigenvalue weighted by Gasteiger charge is 2.38. The first-order valence-corrected chi connectivity index (χ1v) is 6.30. The Hall–Kier alpha value is -2.62. The van der Waals surface area contributed by atoms with E-state index in [0.29, 0.717) is 13.2 Å². The van der Waals surface area contributed by atoms with Gasteiger partial charge < -0.3 is 10.1 Å². The highest BCUT2D eigenvalue weighted by molar-refractivity contribution is 5.98. The second-order valence-electron chi connectivity index (χ2n) is 4.23. The van der Waals surface area contributed by atoms with Crippen molar-refractivity contribution >= 4 is 17.7 Å². The van der Waals surface area contributed by atoms with Gasteiger partial charge in [0.05, 0.1) is 6.61 Å². The Bertz CT molecular complexity index is 573. The quantitative estimate of drug-likeness (QED) is 0.536. The van der Waals surface area contributed by atoms with Crippen LogP contribution in [0, 0.1) is 0 Å². The molecule has 0 fully saturated rings. The molecule has 0 aliphatic heterocycles. The third-order valence-corrected chi connectivity index (χ3v) is 2.55. The van der Waals surface area contributed by atoms with Gasteiger partial charge in [0, 0.05) is 24.8 Å². The second kappa shape index (κ2) is 8.13. The van der Waals surface area contributed by atoms with Crippen molar-refractivity contribution in [2.45, 2.75) is 6.18 Å². The third kappa shape index (κ3) is 5.94. The molecular formula is C13H14F3N3O4. The van der Waals surface area contributed by atoms with Crippen LogP contribution in [0.4, 0.5) is 13.2 Å². The SMILES string of the molecule is COCCNC(=O)c1ccc(C(=O)NNC(=O)C(F)(F)F)cc1. The number of alkyl halides is 3. The Balaban J connectivity index is 2.57. The molecule has 1 aromatic rings. The zero-order chi connectivity index (χ0) is 17.5. The summed E-state index contributed by atoms with van der Waals surface area (Å²) in [5, 5.41) is 2.56. The van der Waals surface area contributed by atoms with Crippen LogP contribution in [0.15, 0.2) is 24.3 Å². The molecule has 0 saturated carbocycles. The Labute approximate surface area is 129 Å². The number of benzene rings is 1. The Morgan fingerprint density at radius 2 is 1.52 bits per heavy atom. The number of hydrogen-bond donors (Lipinski definition) is 3. The van der Waals surface area contributed by atoms with Gasteiger partial charge in [0.25, 0.3) is 11.8 Å². The second-order valence-corrected chi connectivity index (χ2v) is 4.23. The molecule has 0 atom stereocenters. The number of carbonyl (C=O) groups excluding carboxylic acids is 3. The smallest absolute Gasteiger partial charge is 0.383 e. The predicted molar refractivity (Wildman–Crippen MR) is 72.3 cm³/mol. The van der Waals surface area contributed by atoms with Gasteiger partial charge in [-0.1, -0.05) is 0 Å². The van der Waals surface area contributed by atoms with Gasteiger partial charge in [-0.05, 0) is 24.3 Å². The molecular weight excluding hydrogens is 319 g/mol. The van der Waals surface area contributed by atoms with Crippen LogP contribution >= 0.6 is 0 Å². The van der Waals surface area contributed by atoms with Crippen molar-refractivity contribution < 1.29 is 32.3 Å². The van der Waals surface area contributed by atoms with E-state index in [1.807, 2.05) is 0 Å². The summed E-state index contributed by atoms with van der Waals surface area (Å²) in [6, 6.07) is 5.12. The van der Waals surface area contributed by atoms with Crippen LogP contribution in [0.2, 0.25) is 0 Å². The lowest BCUT2D eigenvalue weighted by atomic mass is 10.1. The standard InChI is InChI=1S/C13H14F3N3O4/c1-23-7-6-17-10(20)8-2-4-9(5-3-8)11(21)18-19-12(22)13(14,15)16/h2-5H,6-7H2,1H3,(H,17,20)(H,18,21)(H,19,22). The first-order chi connectivity index (χ1) is 10.8. The number of amides is 3. The molecule has 23 heavy (non-hydrogen) atoms. The molecule has 1 aromatic carbocycles. The van der Waals surface area contributed by atoms with E-state index >= 15 is 0 Å². The maximum atomic E-state index is 12.0. The molecule has 0 aromatic heterocycles. The van der Waals surface area contributed by atoms with Crippen LogP contribution in [0.25, 0.3) is 0 Å². The summed E-state index contributed by atoms with van der Waals surface area (Å²) in [6.07, 6.45) is -5.10. The lowest BCUT2D eigenvalue weighted by Crippen LogP contribution is -2.47. The van der Waals surface area contributed by atoms with Crippen molar-refractivity contribution in [1.82, 2.24) is 16.2 Å². The molecule has 126 valence electrons. The van der Waals surface area contributed by atoms with Crippen molar-refractivity contribution in [3.8, 4) is 0 Å². The molecule has 7 nitrogen and oxygen atoms in total. The molecule has 0 bridgehead atoms. The van der Waals surface area contributed by atoms with E-state index in [0.717, 1.165) is 0 Å². The van der Waals surface area contributed by atoms with Crippen LogP contribution in [-0.4, -0.2) is 44.2 Å². The molecule has 0 aliphatic rings. The minimum Gasteiger partial charge on any atom is -0.383 e. The van der Waals surface area contributed by atoms with Crippen LogP contribution < -0.4 is 16.2 Å². The zero-order valence-electron chi connectivity index (χ0n) is 12.0. The number of methoxy groups -OCH3 is 1. The van der Waals surface area contributed by atoms with E-state index in [1.54, 1.807) is 5.43 Å². The fraction of sp³-hybridized carbons (Fsp3) is 0.308. The van der Waals surface area contributed by atoms with Crippen LogP contribution in [0.3, 0.4) is 0 Å². The van der Waals surface area contributed by atoms with Gasteiger partial charge in [0.15, 0.2) is 0 Å². The van der Waals surface area contributed by atoms with Gasteiger partial charge in [-0.2, -0.15) is 13.2 Å². The van der Waals surface area contributed by atoms with Gasteiger partial charge in [0.2, 0.25) is 0 Å². The minimum absolute atomic E-state index is 0.0269. The van der Waals surface area contributed by atoms with E-state index in [-0.39, 0.29) is 17.0 Å². The Morgan fingerprint density at radius 1 is 1.00 bits per heavy atom. The fourth-order valence-electron chi connectivity index (χ4n) is 1.40. The minimum atomic E-state index is -5.10. The first-order valence-electron chi connectivity index (χ1n) is 6.30. The van der Waals surface area contributed by atoms with E-state index in [1.165, 1.54) is 36.8 Å². The summed E-state index contributed by atoms with van der Waals surface area (Å²) in [7, 11) is 1.48. The van der Waals surface area contributed by atoms with Crippen molar-refractivity contribution in [2.75, 3.05) is 20.3 Å². The van der Waals surface area contributed by atoms with Gasteiger partial charge in [-0.25, -0.2) is 0 Å². The highest BCUT2D eigenvalue weighted by Crippen LogP contribution is 2.13. The lowest BCUT2D eigenvalue weighted by Gasteiger charge is -2.09. The Kier molecular flexibility index (Phi) is 6.51. The van der Waals surface area contributed by atoms with Crippen molar-refractivity contribution in [2.24, 2.45) is 0 Å². The molecule has 0 saturated heterocycles. The van der Waals surface area contributed by atoms with Crippen molar-refractivity contribution in [3.05, 3.63) is 35.4 Å². The van der Waals surface area contributed by atoms with Crippen LogP contribution in [-0.2, 0) is 9.53 Å². The Morgan fingerprint density at radius 3 is 2.00 bits per heavy atom. The van der Waals surface area contributed by atoms with Gasteiger partial charge in [0.1, 0.15) is 0 Å². The first kappa shape index (κ1) is 18.4. The average Bonchev–Trinajstić information content (AvgIpc) is 2.51. The summed E-state index contributed by atoms with van der Waals surface area (Å²) in [4.78, 5) is 33.8. The summed E-state index contributed by atoms with van der Waals surface area (Å²) in [6.45, 7) is 0.645. The number of ether oxygens (including phenoxy) is 1. The number of halogens is 3. The van der Waals surface area contributed by atoms with E-state index in [9.17, 15) is 27.6 Å². The van der Waals surface area contributed by atoms with Gasteiger partial charge >= 0.3 is 12.1 Å². The third-order valence-electron chi connectivity index (χ3n) is 2.55. The summed E-state index contributed by atoms with van der Waals surface area (Å²) < 4.78 is 40.6. The largest absolute Gasteiger partial charge is 0.472 e. The molecule has 10 heteroatoms. The van der Waals surface area contributed by atoms with Gasteiger partial charge in [-0.15, -0.1) is 0 Å². The normalized spacial score (nSPS) is 10.8. The predicted octanol–water partition coefficient (Wildman–Crippen LogP) is 0.386. The van der Waals surface area contributed by atoms with E-state index < -0.39 is 18.0 Å². The number of hydrogen-bond acceptors (Lipinski definition) is 4. The van der Waals surface area contributed by atoms with Crippen LogP contribution in [0.5, 0.6) is 0 Å². The molecule has 3 amide bonds. The fourth-order valence-corrected chi connectivity index (χ4v) is 1.40.